The summed E-state index contributed by atoms with van der Waals surface area (Å²) in [5.74, 6) is -0.381. The molecule has 15 heavy (non-hydrogen) atoms. The van der Waals surface area contributed by atoms with Gasteiger partial charge in [0.05, 0.1) is 12.3 Å². The normalized spacial score (nSPS) is 16.4. The first kappa shape index (κ1) is 9.96. The third-order valence-electron chi connectivity index (χ3n) is 2.37. The number of halogens is 1. The Labute approximate surface area is 87.5 Å². The van der Waals surface area contributed by atoms with E-state index in [9.17, 15) is 9.18 Å². The molecule has 0 saturated carbocycles. The van der Waals surface area contributed by atoms with Crippen LogP contribution in [0.1, 0.15) is 12.0 Å². The average molecular weight is 209 g/mol. The molecule has 1 aliphatic rings. The Morgan fingerprint density at radius 1 is 1.47 bits per heavy atom. The Balaban J connectivity index is 2.31. The number of cyclic esters (lactones) is 1. The van der Waals surface area contributed by atoms with E-state index >= 15 is 0 Å². The lowest BCUT2D eigenvalue weighted by molar-refractivity contribution is 0.140. The highest BCUT2D eigenvalue weighted by Gasteiger charge is 2.23. The number of amides is 1. The van der Waals surface area contributed by atoms with Gasteiger partial charge in [-0.25, -0.2) is 9.18 Å². The van der Waals surface area contributed by atoms with Gasteiger partial charge in [-0.2, -0.15) is 0 Å². The summed E-state index contributed by atoms with van der Waals surface area (Å²) in [6.45, 7) is 2.74. The van der Waals surface area contributed by atoms with E-state index in [1.165, 1.54) is 11.0 Å². The zero-order valence-corrected chi connectivity index (χ0v) is 8.50. The monoisotopic (exact) mass is 209 g/mol. The van der Waals surface area contributed by atoms with Crippen molar-refractivity contribution in [2.45, 2.75) is 13.3 Å². The second kappa shape index (κ2) is 3.88. The van der Waals surface area contributed by atoms with Crippen LogP contribution < -0.4 is 4.90 Å². The second-order valence-electron chi connectivity index (χ2n) is 3.57. The van der Waals surface area contributed by atoms with Crippen LogP contribution in [0.15, 0.2) is 18.2 Å². The fourth-order valence-electron chi connectivity index (χ4n) is 1.60. The number of benzene rings is 1. The number of carbonyl (C=O) groups excluding carboxylic acids is 1. The summed E-state index contributed by atoms with van der Waals surface area (Å²) in [7, 11) is 0. The molecule has 0 radical (unpaired) electrons. The number of carbonyl (C=O) groups is 1. The maximum atomic E-state index is 13.6. The van der Waals surface area contributed by atoms with Crippen LogP contribution in [-0.2, 0) is 4.74 Å². The molecule has 0 unspecified atom stereocenters. The fourth-order valence-corrected chi connectivity index (χ4v) is 1.60. The highest BCUT2D eigenvalue weighted by atomic mass is 19.1. The van der Waals surface area contributed by atoms with E-state index < -0.39 is 6.09 Å². The van der Waals surface area contributed by atoms with Gasteiger partial charge in [-0.1, -0.05) is 6.07 Å². The molecule has 0 bridgehead atoms. The Kier molecular flexibility index (Phi) is 2.58. The Morgan fingerprint density at radius 3 is 2.93 bits per heavy atom. The molecule has 0 aromatic heterocycles. The molecule has 0 aliphatic carbocycles. The molecule has 1 amide bonds. The minimum Gasteiger partial charge on any atom is -0.449 e. The molecule has 2 rings (SSSR count). The van der Waals surface area contributed by atoms with Crippen LogP contribution in [0.2, 0.25) is 0 Å². The van der Waals surface area contributed by atoms with Crippen molar-refractivity contribution >= 4 is 11.8 Å². The minimum absolute atomic E-state index is 0.297. The first-order chi connectivity index (χ1) is 7.18. The number of rotatable bonds is 1. The van der Waals surface area contributed by atoms with Crippen molar-refractivity contribution in [1.29, 1.82) is 0 Å². The zero-order valence-electron chi connectivity index (χ0n) is 8.50. The van der Waals surface area contributed by atoms with Crippen LogP contribution in [0.25, 0.3) is 0 Å². The molecule has 1 aliphatic heterocycles. The first-order valence-corrected chi connectivity index (χ1v) is 4.89. The van der Waals surface area contributed by atoms with E-state index in [0.29, 0.717) is 18.8 Å². The van der Waals surface area contributed by atoms with E-state index in [0.717, 1.165) is 12.0 Å². The van der Waals surface area contributed by atoms with Crippen LogP contribution in [0.5, 0.6) is 0 Å². The third kappa shape index (κ3) is 1.93. The molecule has 1 aromatic rings. The Bertz CT molecular complexity index is 392. The van der Waals surface area contributed by atoms with Gasteiger partial charge in [-0.15, -0.1) is 0 Å². The van der Waals surface area contributed by atoms with Gasteiger partial charge in [0.2, 0.25) is 0 Å². The lowest BCUT2D eigenvalue weighted by Crippen LogP contribution is -2.38. The van der Waals surface area contributed by atoms with Gasteiger partial charge >= 0.3 is 6.09 Å². The van der Waals surface area contributed by atoms with Gasteiger partial charge in [0.15, 0.2) is 0 Å². The molecule has 80 valence electrons. The van der Waals surface area contributed by atoms with Crippen molar-refractivity contribution in [1.82, 2.24) is 0 Å². The van der Waals surface area contributed by atoms with Crippen molar-refractivity contribution in [3.05, 3.63) is 29.6 Å². The smallest absolute Gasteiger partial charge is 0.414 e. The molecule has 1 fully saturated rings. The maximum Gasteiger partial charge on any atom is 0.414 e. The molecule has 1 saturated heterocycles. The summed E-state index contributed by atoms with van der Waals surface area (Å²) >= 11 is 0. The fraction of sp³-hybridized carbons (Fsp3) is 0.364. The largest absolute Gasteiger partial charge is 0.449 e. The zero-order chi connectivity index (χ0) is 10.8. The van der Waals surface area contributed by atoms with Gasteiger partial charge in [-0.3, -0.25) is 4.90 Å². The Morgan fingerprint density at radius 2 is 2.27 bits per heavy atom. The van der Waals surface area contributed by atoms with Crippen LogP contribution in [-0.4, -0.2) is 19.2 Å². The molecule has 1 aromatic carbocycles. The van der Waals surface area contributed by atoms with Crippen molar-refractivity contribution in [3.8, 4) is 0 Å². The van der Waals surface area contributed by atoms with Crippen molar-refractivity contribution in [2.75, 3.05) is 18.1 Å². The summed E-state index contributed by atoms with van der Waals surface area (Å²) in [5, 5.41) is 0. The van der Waals surface area contributed by atoms with E-state index in [1.54, 1.807) is 19.1 Å². The molecule has 0 atom stereocenters. The Hall–Kier alpha value is -1.58. The van der Waals surface area contributed by atoms with Crippen molar-refractivity contribution < 1.29 is 13.9 Å². The van der Waals surface area contributed by atoms with Gasteiger partial charge in [0, 0.05) is 6.54 Å². The topological polar surface area (TPSA) is 29.5 Å². The standard InChI is InChI=1S/C11H12FNO2/c1-8-3-4-10(9(12)7-8)13-5-2-6-15-11(13)14/h3-4,7H,2,5-6H2,1H3. The summed E-state index contributed by atoms with van der Waals surface area (Å²) in [4.78, 5) is 12.7. The quantitative estimate of drug-likeness (QED) is 0.711. The number of hydrogen-bond acceptors (Lipinski definition) is 2. The highest BCUT2D eigenvalue weighted by molar-refractivity contribution is 5.88. The first-order valence-electron chi connectivity index (χ1n) is 4.89. The molecule has 0 N–H and O–H groups in total. The van der Waals surface area contributed by atoms with Crippen LogP contribution in [0, 0.1) is 12.7 Å². The van der Waals surface area contributed by atoms with E-state index in [2.05, 4.69) is 0 Å². The van der Waals surface area contributed by atoms with E-state index in [-0.39, 0.29) is 5.82 Å². The molecular weight excluding hydrogens is 197 g/mol. The molecule has 1 heterocycles. The lowest BCUT2D eigenvalue weighted by Gasteiger charge is -2.26. The van der Waals surface area contributed by atoms with Crippen LogP contribution in [0.4, 0.5) is 14.9 Å². The molecule has 3 nitrogen and oxygen atoms in total. The van der Waals surface area contributed by atoms with Crippen LogP contribution >= 0.6 is 0 Å². The number of aryl methyl sites for hydroxylation is 1. The molecule has 0 spiro atoms. The maximum absolute atomic E-state index is 13.6. The minimum atomic E-state index is -0.469. The number of nitrogens with zero attached hydrogens (tertiary/aromatic N) is 1. The van der Waals surface area contributed by atoms with Crippen molar-refractivity contribution in [3.63, 3.8) is 0 Å². The van der Waals surface area contributed by atoms with E-state index in [4.69, 9.17) is 4.74 Å². The average Bonchev–Trinajstić information content (AvgIpc) is 2.20. The van der Waals surface area contributed by atoms with Gasteiger partial charge in [-0.05, 0) is 31.0 Å². The third-order valence-corrected chi connectivity index (χ3v) is 2.37. The predicted molar refractivity (Wildman–Crippen MR) is 54.4 cm³/mol. The van der Waals surface area contributed by atoms with Gasteiger partial charge < -0.3 is 4.74 Å². The number of hydrogen-bond donors (Lipinski definition) is 0. The lowest BCUT2D eigenvalue weighted by atomic mass is 10.2. The van der Waals surface area contributed by atoms with Gasteiger partial charge in [0.25, 0.3) is 0 Å². The second-order valence-corrected chi connectivity index (χ2v) is 3.57. The summed E-state index contributed by atoms with van der Waals surface area (Å²) in [6, 6.07) is 4.80. The van der Waals surface area contributed by atoms with E-state index in [1.807, 2.05) is 0 Å². The van der Waals surface area contributed by atoms with Crippen LogP contribution in [0.3, 0.4) is 0 Å². The number of ether oxygens (including phenoxy) is 1. The summed E-state index contributed by atoms with van der Waals surface area (Å²) in [6.07, 6.45) is 0.267. The SMILES string of the molecule is Cc1ccc(N2CCCOC2=O)c(F)c1. The van der Waals surface area contributed by atoms with Gasteiger partial charge in [0.1, 0.15) is 5.82 Å². The molecular formula is C11H12FNO2. The number of anilines is 1. The molecule has 4 heteroatoms. The summed E-state index contributed by atoms with van der Waals surface area (Å²) < 4.78 is 18.4. The highest BCUT2D eigenvalue weighted by Crippen LogP contribution is 2.23. The van der Waals surface area contributed by atoms with Crippen molar-refractivity contribution in [2.24, 2.45) is 0 Å². The summed E-state index contributed by atoms with van der Waals surface area (Å²) in [5.41, 5.74) is 1.13. The predicted octanol–water partition coefficient (Wildman–Crippen LogP) is 2.48.